The van der Waals surface area contributed by atoms with Crippen molar-refractivity contribution in [3.05, 3.63) is 33.8 Å². The maximum absolute atomic E-state index is 11.9. The fourth-order valence-electron chi connectivity index (χ4n) is 1.99. The van der Waals surface area contributed by atoms with Crippen LogP contribution in [0.25, 0.3) is 0 Å². The van der Waals surface area contributed by atoms with E-state index in [-0.39, 0.29) is 17.1 Å². The zero-order valence-corrected chi connectivity index (χ0v) is 10.9. The number of hydrogen-bond acceptors (Lipinski definition) is 1. The predicted molar refractivity (Wildman–Crippen MR) is 67.1 cm³/mol. The summed E-state index contributed by atoms with van der Waals surface area (Å²) in [6.45, 7) is 4.25. The van der Waals surface area contributed by atoms with Crippen molar-refractivity contribution in [2.45, 2.75) is 26.7 Å². The molecule has 0 spiro atoms. The Morgan fingerprint density at radius 2 is 2.06 bits per heavy atom. The van der Waals surface area contributed by atoms with Crippen LogP contribution in [0.1, 0.15) is 25.8 Å². The molecule has 1 aromatic carbocycles. The molecule has 1 nitrogen and oxygen atoms in total. The predicted octanol–water partition coefficient (Wildman–Crippen LogP) is 4.15. The fourth-order valence-corrected chi connectivity index (χ4v) is 2.47. The first-order valence-electron chi connectivity index (χ1n) is 5.37. The third-order valence-electron chi connectivity index (χ3n) is 3.28. The number of carbonyl (C=O) groups excluding carboxylic acids is 1. The minimum Gasteiger partial charge on any atom is -0.299 e. The summed E-state index contributed by atoms with van der Waals surface area (Å²) in [5, 5.41) is 1.19. The molecule has 1 saturated carbocycles. The van der Waals surface area contributed by atoms with E-state index in [1.807, 2.05) is 6.07 Å². The molecule has 1 fully saturated rings. The van der Waals surface area contributed by atoms with Gasteiger partial charge in [0.1, 0.15) is 5.78 Å². The first-order valence-corrected chi connectivity index (χ1v) is 6.12. The first kappa shape index (κ1) is 11.9. The Hall–Kier alpha value is -0.530. The van der Waals surface area contributed by atoms with E-state index >= 15 is 0 Å². The molecule has 1 unspecified atom stereocenters. The lowest BCUT2D eigenvalue weighted by Crippen LogP contribution is -2.09. The van der Waals surface area contributed by atoms with E-state index < -0.39 is 0 Å². The lowest BCUT2D eigenvalue weighted by molar-refractivity contribution is -0.120. The Labute approximate surface area is 106 Å². The molecule has 2 rings (SSSR count). The Kier molecular flexibility index (Phi) is 3.02. The molecule has 0 amide bonds. The maximum atomic E-state index is 11.9. The van der Waals surface area contributed by atoms with Crippen LogP contribution in [0.15, 0.2) is 18.2 Å². The van der Waals surface area contributed by atoms with Gasteiger partial charge in [0.15, 0.2) is 0 Å². The van der Waals surface area contributed by atoms with Crippen LogP contribution in [0.3, 0.4) is 0 Å². The van der Waals surface area contributed by atoms with Crippen LogP contribution in [0.4, 0.5) is 0 Å². The number of ketones is 1. The van der Waals surface area contributed by atoms with Crippen molar-refractivity contribution in [3.63, 3.8) is 0 Å². The third-order valence-corrected chi connectivity index (χ3v) is 3.87. The zero-order valence-electron chi connectivity index (χ0n) is 9.39. The van der Waals surface area contributed by atoms with Crippen LogP contribution in [0.2, 0.25) is 10.0 Å². The van der Waals surface area contributed by atoms with Gasteiger partial charge in [-0.2, -0.15) is 0 Å². The van der Waals surface area contributed by atoms with Crippen LogP contribution in [-0.4, -0.2) is 5.78 Å². The van der Waals surface area contributed by atoms with E-state index in [1.54, 1.807) is 12.1 Å². The van der Waals surface area contributed by atoms with Gasteiger partial charge in [-0.1, -0.05) is 43.1 Å². The van der Waals surface area contributed by atoms with E-state index in [1.165, 1.54) is 0 Å². The summed E-state index contributed by atoms with van der Waals surface area (Å²) >= 11 is 11.8. The first-order chi connectivity index (χ1) is 7.40. The normalized spacial score (nSPS) is 21.9. The highest BCUT2D eigenvalue weighted by atomic mass is 35.5. The second-order valence-electron chi connectivity index (χ2n) is 5.12. The molecule has 0 aliphatic heterocycles. The Balaban J connectivity index is 2.07. The number of benzene rings is 1. The molecular weight excluding hydrogens is 243 g/mol. The molecule has 86 valence electrons. The van der Waals surface area contributed by atoms with Gasteiger partial charge >= 0.3 is 0 Å². The van der Waals surface area contributed by atoms with Crippen LogP contribution in [0.5, 0.6) is 0 Å². The molecule has 1 atom stereocenters. The van der Waals surface area contributed by atoms with E-state index in [0.717, 1.165) is 12.0 Å². The average Bonchev–Trinajstić information content (AvgIpc) is 2.80. The van der Waals surface area contributed by atoms with Crippen LogP contribution in [0, 0.1) is 11.3 Å². The van der Waals surface area contributed by atoms with Gasteiger partial charge in [-0.05, 0) is 29.5 Å². The summed E-state index contributed by atoms with van der Waals surface area (Å²) in [6.07, 6.45) is 1.42. The summed E-state index contributed by atoms with van der Waals surface area (Å²) in [5.41, 5.74) is 1.06. The lowest BCUT2D eigenvalue weighted by atomic mass is 10.0. The van der Waals surface area contributed by atoms with Gasteiger partial charge in [0.05, 0.1) is 0 Å². The summed E-state index contributed by atoms with van der Waals surface area (Å²) in [7, 11) is 0. The quantitative estimate of drug-likeness (QED) is 0.794. The van der Waals surface area contributed by atoms with Crippen LogP contribution in [-0.2, 0) is 11.2 Å². The van der Waals surface area contributed by atoms with Gasteiger partial charge in [0, 0.05) is 22.4 Å². The summed E-state index contributed by atoms with van der Waals surface area (Å²) < 4.78 is 0. The van der Waals surface area contributed by atoms with Crippen LogP contribution < -0.4 is 0 Å². The number of rotatable bonds is 3. The molecule has 0 N–H and O–H groups in total. The van der Waals surface area contributed by atoms with Gasteiger partial charge in [-0.3, -0.25) is 4.79 Å². The summed E-state index contributed by atoms with van der Waals surface area (Å²) in [5.74, 6) is 0.494. The molecule has 1 aliphatic rings. The highest BCUT2D eigenvalue weighted by Crippen LogP contribution is 2.52. The number of Topliss-reactive ketones (excluding diaryl/α,β-unsaturated/α-hetero) is 1. The van der Waals surface area contributed by atoms with Gasteiger partial charge in [0.25, 0.3) is 0 Å². The molecule has 3 heteroatoms. The molecule has 16 heavy (non-hydrogen) atoms. The molecule has 0 saturated heterocycles. The molecule has 0 heterocycles. The fraction of sp³-hybridized carbons (Fsp3) is 0.462. The zero-order chi connectivity index (χ0) is 11.9. The van der Waals surface area contributed by atoms with Crippen molar-refractivity contribution in [3.8, 4) is 0 Å². The number of carbonyl (C=O) groups is 1. The third kappa shape index (κ3) is 2.41. The second-order valence-corrected chi connectivity index (χ2v) is 5.97. The van der Waals surface area contributed by atoms with Crippen molar-refractivity contribution in [1.82, 2.24) is 0 Å². The standard InChI is InChI=1S/C13H14Cl2O/c1-13(2)7-10(13)12(16)5-8-3-4-9(14)6-11(8)15/h3-4,6,10H,5,7H2,1-2H3. The Morgan fingerprint density at radius 1 is 1.44 bits per heavy atom. The van der Waals surface area contributed by atoms with Crippen LogP contribution >= 0.6 is 23.2 Å². The minimum atomic E-state index is 0.190. The maximum Gasteiger partial charge on any atom is 0.140 e. The largest absolute Gasteiger partial charge is 0.299 e. The highest BCUT2D eigenvalue weighted by Gasteiger charge is 2.49. The molecule has 1 aromatic rings. The van der Waals surface area contributed by atoms with Gasteiger partial charge < -0.3 is 0 Å². The Morgan fingerprint density at radius 3 is 2.56 bits per heavy atom. The number of halogens is 2. The minimum absolute atomic E-state index is 0.190. The monoisotopic (exact) mass is 256 g/mol. The van der Waals surface area contributed by atoms with E-state index in [4.69, 9.17) is 23.2 Å². The molecular formula is C13H14Cl2O. The van der Waals surface area contributed by atoms with E-state index in [0.29, 0.717) is 16.5 Å². The smallest absolute Gasteiger partial charge is 0.140 e. The number of hydrogen-bond donors (Lipinski definition) is 0. The van der Waals surface area contributed by atoms with Gasteiger partial charge in [-0.15, -0.1) is 0 Å². The Bertz CT molecular complexity index is 438. The van der Waals surface area contributed by atoms with Crippen molar-refractivity contribution in [2.24, 2.45) is 11.3 Å². The molecule has 1 aliphatic carbocycles. The van der Waals surface area contributed by atoms with Crippen molar-refractivity contribution in [2.75, 3.05) is 0 Å². The highest BCUT2D eigenvalue weighted by molar-refractivity contribution is 6.35. The molecule has 0 aromatic heterocycles. The lowest BCUT2D eigenvalue weighted by Gasteiger charge is -2.05. The van der Waals surface area contributed by atoms with E-state index in [2.05, 4.69) is 13.8 Å². The van der Waals surface area contributed by atoms with Gasteiger partial charge in [0.2, 0.25) is 0 Å². The molecule has 0 radical (unpaired) electrons. The summed E-state index contributed by atoms with van der Waals surface area (Å²) in [6, 6.07) is 5.29. The van der Waals surface area contributed by atoms with Crippen molar-refractivity contribution < 1.29 is 4.79 Å². The SMILES string of the molecule is CC1(C)CC1C(=O)Cc1ccc(Cl)cc1Cl. The van der Waals surface area contributed by atoms with Crippen molar-refractivity contribution in [1.29, 1.82) is 0 Å². The average molecular weight is 257 g/mol. The second kappa shape index (κ2) is 4.05. The molecule has 0 bridgehead atoms. The van der Waals surface area contributed by atoms with Gasteiger partial charge in [-0.25, -0.2) is 0 Å². The topological polar surface area (TPSA) is 17.1 Å². The van der Waals surface area contributed by atoms with Crippen molar-refractivity contribution >= 4 is 29.0 Å². The van der Waals surface area contributed by atoms with E-state index in [9.17, 15) is 4.79 Å². The summed E-state index contributed by atoms with van der Waals surface area (Å²) in [4.78, 5) is 11.9.